The van der Waals surface area contributed by atoms with Gasteiger partial charge in [0.25, 0.3) is 5.56 Å². The molecule has 6 N–H and O–H groups in total. The van der Waals surface area contributed by atoms with Crippen LogP contribution in [0.1, 0.15) is 11.7 Å². The van der Waals surface area contributed by atoms with Crippen LogP contribution in [0.2, 0.25) is 0 Å². The summed E-state index contributed by atoms with van der Waals surface area (Å²) in [6.45, 7) is -0.481. The molecule has 1 aliphatic heterocycles. The lowest BCUT2D eigenvalue weighted by Gasteiger charge is -2.14. The highest BCUT2D eigenvalue weighted by Crippen LogP contribution is 2.33. The molecule has 4 atom stereocenters. The van der Waals surface area contributed by atoms with E-state index in [9.17, 15) is 15.0 Å². The molecule has 2 rings (SSSR count). The highest BCUT2D eigenvalue weighted by atomic mass is 16.6. The van der Waals surface area contributed by atoms with Crippen molar-refractivity contribution in [2.45, 2.75) is 24.4 Å². The maximum Gasteiger partial charge on any atom is 0.275 e. The number of nitrogens with two attached hydrogens (primary N) is 1. The maximum atomic E-state index is 11.5. The summed E-state index contributed by atoms with van der Waals surface area (Å²) in [5.74, 6) is -0.191. The van der Waals surface area contributed by atoms with Crippen LogP contribution in [0.4, 0.5) is 5.82 Å². The molecule has 0 bridgehead atoms. The quantitative estimate of drug-likeness (QED) is 0.366. The van der Waals surface area contributed by atoms with Gasteiger partial charge in [-0.25, -0.2) is 5.10 Å². The van der Waals surface area contributed by atoms with Gasteiger partial charge in [0.2, 0.25) is 0 Å². The molecule has 0 aromatic carbocycles. The van der Waals surface area contributed by atoms with E-state index in [1.54, 1.807) is 0 Å². The van der Waals surface area contributed by atoms with Crippen molar-refractivity contribution < 1.29 is 20.1 Å². The molecule has 17 heavy (non-hydrogen) atoms. The van der Waals surface area contributed by atoms with Crippen molar-refractivity contribution >= 4 is 5.82 Å². The maximum absolute atomic E-state index is 11.5. The van der Waals surface area contributed by atoms with Gasteiger partial charge < -0.3 is 25.8 Å². The Morgan fingerprint density at radius 1 is 1.41 bits per heavy atom. The number of aromatic amines is 1. The summed E-state index contributed by atoms with van der Waals surface area (Å²) >= 11 is 0. The van der Waals surface area contributed by atoms with Gasteiger partial charge in [0.15, 0.2) is 5.82 Å². The zero-order valence-corrected chi connectivity index (χ0v) is 8.65. The molecule has 0 radical (unpaired) electrons. The Morgan fingerprint density at radius 2 is 2.12 bits per heavy atom. The first-order chi connectivity index (χ1) is 8.06. The van der Waals surface area contributed by atoms with Crippen LogP contribution in [-0.2, 0) is 4.74 Å². The van der Waals surface area contributed by atoms with Gasteiger partial charge in [-0.15, -0.1) is 5.10 Å². The highest BCUT2D eigenvalue weighted by Gasteiger charge is 2.45. The standard InChI is InChI=1S/C8H12N4O5/c9-7-3(8(16)11-12-10-7)6-5(15)4(14)2(1-13)17-6/h2,4-6,13-15H,1H2,(H3,9,10,11,16)/t2-,4-,5-,6+/m1/s1. The molecular weight excluding hydrogens is 232 g/mol. The van der Waals surface area contributed by atoms with Crippen molar-refractivity contribution in [2.75, 3.05) is 12.3 Å². The van der Waals surface area contributed by atoms with E-state index in [1.807, 2.05) is 0 Å². The monoisotopic (exact) mass is 244 g/mol. The zero-order chi connectivity index (χ0) is 12.6. The summed E-state index contributed by atoms with van der Waals surface area (Å²) in [4.78, 5) is 11.5. The Kier molecular flexibility index (Phi) is 3.07. The number of nitrogens with zero attached hydrogens (tertiary/aromatic N) is 2. The zero-order valence-electron chi connectivity index (χ0n) is 8.65. The van der Waals surface area contributed by atoms with Gasteiger partial charge in [-0.05, 0) is 0 Å². The molecule has 1 fully saturated rings. The van der Waals surface area contributed by atoms with Crippen LogP contribution in [0.5, 0.6) is 0 Å². The van der Waals surface area contributed by atoms with Gasteiger partial charge in [-0.2, -0.15) is 0 Å². The molecular formula is C8H12N4O5. The summed E-state index contributed by atoms with van der Waals surface area (Å²) in [7, 11) is 0. The third-order valence-corrected chi connectivity index (χ3v) is 2.66. The lowest BCUT2D eigenvalue weighted by molar-refractivity contribution is -0.0230. The van der Waals surface area contributed by atoms with Gasteiger partial charge in [-0.1, -0.05) is 5.21 Å². The molecule has 94 valence electrons. The van der Waals surface area contributed by atoms with Crippen LogP contribution in [0, 0.1) is 0 Å². The van der Waals surface area contributed by atoms with Gasteiger partial charge in [0.05, 0.1) is 12.2 Å². The van der Waals surface area contributed by atoms with Crippen LogP contribution in [0.15, 0.2) is 4.79 Å². The lowest BCUT2D eigenvalue weighted by atomic mass is 10.0. The van der Waals surface area contributed by atoms with Crippen molar-refractivity contribution in [1.29, 1.82) is 0 Å². The van der Waals surface area contributed by atoms with E-state index in [-0.39, 0.29) is 11.4 Å². The second-order valence-electron chi connectivity index (χ2n) is 3.70. The normalized spacial score (nSPS) is 32.9. The number of aliphatic hydroxyl groups excluding tert-OH is 3. The van der Waals surface area contributed by atoms with Crippen LogP contribution in [0.3, 0.4) is 0 Å². The second kappa shape index (κ2) is 4.37. The van der Waals surface area contributed by atoms with Crippen LogP contribution >= 0.6 is 0 Å². The first kappa shape index (κ1) is 11.9. The molecule has 0 unspecified atom stereocenters. The number of nitrogens with one attached hydrogen (secondary N) is 1. The van der Waals surface area contributed by atoms with E-state index >= 15 is 0 Å². The Balaban J connectivity index is 2.39. The highest BCUT2D eigenvalue weighted by molar-refractivity contribution is 5.38. The van der Waals surface area contributed by atoms with E-state index in [0.29, 0.717) is 0 Å². The minimum Gasteiger partial charge on any atom is -0.394 e. The van der Waals surface area contributed by atoms with Gasteiger partial charge in [-0.3, -0.25) is 4.79 Å². The number of H-pyrrole nitrogens is 1. The number of rotatable bonds is 2. The molecule has 1 aromatic rings. The molecule has 0 saturated carbocycles. The fourth-order valence-electron chi connectivity index (χ4n) is 1.77. The van der Waals surface area contributed by atoms with Crippen LogP contribution in [0.25, 0.3) is 0 Å². The minimum atomic E-state index is -1.36. The predicted molar refractivity (Wildman–Crippen MR) is 53.8 cm³/mol. The molecule has 1 aliphatic rings. The number of aliphatic hydroxyl groups is 3. The molecule has 0 amide bonds. The number of hydrogen-bond acceptors (Lipinski definition) is 8. The topological polar surface area (TPSA) is 155 Å². The summed E-state index contributed by atoms with van der Waals surface area (Å²) < 4.78 is 5.17. The first-order valence-electron chi connectivity index (χ1n) is 4.89. The van der Waals surface area contributed by atoms with Gasteiger partial charge >= 0.3 is 0 Å². The molecule has 1 saturated heterocycles. The average molecular weight is 244 g/mol. The minimum absolute atomic E-state index is 0.109. The number of anilines is 1. The van der Waals surface area contributed by atoms with E-state index in [4.69, 9.17) is 15.6 Å². The third-order valence-electron chi connectivity index (χ3n) is 2.66. The molecule has 9 heteroatoms. The summed E-state index contributed by atoms with van der Waals surface area (Å²) in [5.41, 5.74) is 4.70. The Morgan fingerprint density at radius 3 is 2.65 bits per heavy atom. The van der Waals surface area contributed by atoms with Crippen LogP contribution in [-0.4, -0.2) is 55.6 Å². The molecule has 0 spiro atoms. The van der Waals surface area contributed by atoms with Crippen molar-refractivity contribution in [3.8, 4) is 0 Å². The second-order valence-corrected chi connectivity index (χ2v) is 3.70. The number of hydrogen-bond donors (Lipinski definition) is 5. The molecule has 0 aliphatic carbocycles. The predicted octanol–water partition coefficient (Wildman–Crippen LogP) is -3.10. The van der Waals surface area contributed by atoms with E-state index < -0.39 is 36.6 Å². The Labute approximate surface area is 94.8 Å². The summed E-state index contributed by atoms with van der Waals surface area (Å²) in [5, 5.41) is 36.9. The van der Waals surface area contributed by atoms with Crippen molar-refractivity contribution in [1.82, 2.24) is 15.4 Å². The number of aromatic nitrogens is 3. The van der Waals surface area contributed by atoms with Crippen molar-refractivity contribution in [3.63, 3.8) is 0 Å². The van der Waals surface area contributed by atoms with Crippen LogP contribution < -0.4 is 11.3 Å². The third kappa shape index (κ3) is 1.89. The van der Waals surface area contributed by atoms with Crippen molar-refractivity contribution in [3.05, 3.63) is 15.9 Å². The van der Waals surface area contributed by atoms with E-state index in [2.05, 4.69) is 15.4 Å². The lowest BCUT2D eigenvalue weighted by Crippen LogP contribution is -2.33. The number of ether oxygens (including phenoxy) is 1. The Hall–Kier alpha value is -1.55. The smallest absolute Gasteiger partial charge is 0.275 e. The van der Waals surface area contributed by atoms with E-state index in [1.165, 1.54) is 0 Å². The van der Waals surface area contributed by atoms with E-state index in [0.717, 1.165) is 0 Å². The number of nitrogen functional groups attached to an aromatic ring is 1. The average Bonchev–Trinajstić information content (AvgIpc) is 2.57. The van der Waals surface area contributed by atoms with Gasteiger partial charge in [0.1, 0.15) is 24.4 Å². The van der Waals surface area contributed by atoms with Crippen molar-refractivity contribution in [2.24, 2.45) is 0 Å². The van der Waals surface area contributed by atoms with Gasteiger partial charge in [0, 0.05) is 0 Å². The molecule has 1 aromatic heterocycles. The fraction of sp³-hybridized carbons (Fsp3) is 0.625. The summed E-state index contributed by atoms with van der Waals surface area (Å²) in [6.07, 6.45) is -4.76. The fourth-order valence-corrected chi connectivity index (χ4v) is 1.77. The molecule has 2 heterocycles. The SMILES string of the molecule is Nc1nn[nH]c(=O)c1[C@@H]1O[C@H](CO)[C@@H](O)[C@H]1O. The first-order valence-corrected chi connectivity index (χ1v) is 4.89. The Bertz CT molecular complexity index is 463. The largest absolute Gasteiger partial charge is 0.394 e. The summed E-state index contributed by atoms with van der Waals surface area (Å²) in [6, 6.07) is 0. The molecule has 9 nitrogen and oxygen atoms in total.